The SMILES string of the molecule is Cc1cc2ccccc2n1CC(=O)Nc1ccc(C#N)cc1. The molecule has 0 aliphatic heterocycles. The van der Waals surface area contributed by atoms with Crippen LogP contribution in [-0.2, 0) is 11.3 Å². The Hall–Kier alpha value is -3.06. The van der Waals surface area contributed by atoms with E-state index in [0.29, 0.717) is 11.3 Å². The number of anilines is 1. The molecule has 0 saturated carbocycles. The van der Waals surface area contributed by atoms with Gasteiger partial charge in [0.05, 0.1) is 11.6 Å². The van der Waals surface area contributed by atoms with Crippen LogP contribution in [0.3, 0.4) is 0 Å². The summed E-state index contributed by atoms with van der Waals surface area (Å²) < 4.78 is 1.99. The Bertz CT molecular complexity index is 869. The second-order valence-corrected chi connectivity index (χ2v) is 5.17. The highest BCUT2D eigenvalue weighted by molar-refractivity contribution is 5.92. The fraction of sp³-hybridized carbons (Fsp3) is 0.111. The Balaban J connectivity index is 1.78. The van der Waals surface area contributed by atoms with E-state index in [-0.39, 0.29) is 12.5 Å². The summed E-state index contributed by atoms with van der Waals surface area (Å²) in [6, 6.07) is 19.0. The molecule has 0 radical (unpaired) electrons. The second kappa shape index (κ2) is 5.74. The molecule has 0 bridgehead atoms. The molecular formula is C18H15N3O. The van der Waals surface area contributed by atoms with Gasteiger partial charge in [-0.2, -0.15) is 5.26 Å². The summed E-state index contributed by atoms with van der Waals surface area (Å²) in [5.74, 6) is -0.0887. The third-order valence-corrected chi connectivity index (χ3v) is 3.62. The maximum Gasteiger partial charge on any atom is 0.244 e. The second-order valence-electron chi connectivity index (χ2n) is 5.17. The van der Waals surface area contributed by atoms with E-state index in [9.17, 15) is 4.79 Å². The molecule has 0 spiro atoms. The lowest BCUT2D eigenvalue weighted by atomic mass is 10.2. The summed E-state index contributed by atoms with van der Waals surface area (Å²) >= 11 is 0. The first-order valence-corrected chi connectivity index (χ1v) is 7.02. The Morgan fingerprint density at radius 3 is 2.64 bits per heavy atom. The average molecular weight is 289 g/mol. The van der Waals surface area contributed by atoms with Crippen LogP contribution in [0.5, 0.6) is 0 Å². The van der Waals surface area contributed by atoms with Crippen molar-refractivity contribution in [2.75, 3.05) is 5.32 Å². The summed E-state index contributed by atoms with van der Waals surface area (Å²) in [7, 11) is 0. The van der Waals surface area contributed by atoms with Crippen LogP contribution in [0.15, 0.2) is 54.6 Å². The monoisotopic (exact) mass is 289 g/mol. The van der Waals surface area contributed by atoms with Crippen molar-refractivity contribution < 1.29 is 4.79 Å². The topological polar surface area (TPSA) is 57.8 Å². The zero-order valence-electron chi connectivity index (χ0n) is 12.2. The van der Waals surface area contributed by atoms with Gasteiger partial charge >= 0.3 is 0 Å². The predicted molar refractivity (Wildman–Crippen MR) is 86.5 cm³/mol. The molecule has 1 heterocycles. The molecule has 0 atom stereocenters. The van der Waals surface area contributed by atoms with Gasteiger partial charge in [-0.3, -0.25) is 4.79 Å². The Morgan fingerprint density at radius 2 is 1.91 bits per heavy atom. The summed E-state index contributed by atoms with van der Waals surface area (Å²) in [6.45, 7) is 2.26. The summed E-state index contributed by atoms with van der Waals surface area (Å²) in [5, 5.41) is 12.8. The smallest absolute Gasteiger partial charge is 0.244 e. The highest BCUT2D eigenvalue weighted by atomic mass is 16.1. The lowest BCUT2D eigenvalue weighted by Gasteiger charge is -2.09. The molecule has 0 fully saturated rings. The molecule has 4 nitrogen and oxygen atoms in total. The standard InChI is InChI=1S/C18H15N3O/c1-13-10-15-4-2-3-5-17(15)21(13)12-18(22)20-16-8-6-14(11-19)7-9-16/h2-10H,12H2,1H3,(H,20,22). The van der Waals surface area contributed by atoms with Crippen molar-refractivity contribution in [1.82, 2.24) is 4.57 Å². The van der Waals surface area contributed by atoms with Crippen LogP contribution in [0.2, 0.25) is 0 Å². The summed E-state index contributed by atoms with van der Waals surface area (Å²) in [4.78, 5) is 12.2. The van der Waals surface area contributed by atoms with Gasteiger partial charge in [0.15, 0.2) is 0 Å². The molecular weight excluding hydrogens is 274 g/mol. The molecule has 22 heavy (non-hydrogen) atoms. The fourth-order valence-electron chi connectivity index (χ4n) is 2.53. The van der Waals surface area contributed by atoms with Gasteiger partial charge in [-0.05, 0) is 48.7 Å². The van der Waals surface area contributed by atoms with Gasteiger partial charge in [-0.25, -0.2) is 0 Å². The largest absolute Gasteiger partial charge is 0.335 e. The first kappa shape index (κ1) is 13.9. The number of benzene rings is 2. The first-order chi connectivity index (χ1) is 10.7. The zero-order chi connectivity index (χ0) is 15.5. The van der Waals surface area contributed by atoms with Gasteiger partial charge in [0.25, 0.3) is 0 Å². The van der Waals surface area contributed by atoms with E-state index in [2.05, 4.69) is 17.5 Å². The highest BCUT2D eigenvalue weighted by Crippen LogP contribution is 2.19. The van der Waals surface area contributed by atoms with Crippen LogP contribution in [0, 0.1) is 18.3 Å². The number of aryl methyl sites for hydroxylation is 1. The van der Waals surface area contributed by atoms with Crippen LogP contribution in [-0.4, -0.2) is 10.5 Å². The number of fused-ring (bicyclic) bond motifs is 1. The zero-order valence-corrected chi connectivity index (χ0v) is 12.2. The number of rotatable bonds is 3. The lowest BCUT2D eigenvalue weighted by molar-refractivity contribution is -0.116. The Labute approximate surface area is 128 Å². The van der Waals surface area contributed by atoms with Crippen LogP contribution in [0.4, 0.5) is 5.69 Å². The quantitative estimate of drug-likeness (QED) is 0.802. The van der Waals surface area contributed by atoms with E-state index in [1.807, 2.05) is 35.8 Å². The minimum Gasteiger partial charge on any atom is -0.335 e. The van der Waals surface area contributed by atoms with Gasteiger partial charge in [-0.15, -0.1) is 0 Å². The van der Waals surface area contributed by atoms with E-state index in [1.54, 1.807) is 24.3 Å². The fourth-order valence-corrected chi connectivity index (χ4v) is 2.53. The number of carbonyl (C=O) groups is 1. The minimum absolute atomic E-state index is 0.0887. The van der Waals surface area contributed by atoms with Crippen LogP contribution >= 0.6 is 0 Å². The number of hydrogen-bond acceptors (Lipinski definition) is 2. The van der Waals surface area contributed by atoms with E-state index < -0.39 is 0 Å². The molecule has 1 amide bonds. The van der Waals surface area contributed by atoms with Crippen molar-refractivity contribution in [2.45, 2.75) is 13.5 Å². The maximum absolute atomic E-state index is 12.2. The number of nitrogens with zero attached hydrogens (tertiary/aromatic N) is 2. The highest BCUT2D eigenvalue weighted by Gasteiger charge is 2.09. The van der Waals surface area contributed by atoms with E-state index in [1.165, 1.54) is 0 Å². The van der Waals surface area contributed by atoms with Crippen molar-refractivity contribution in [3.63, 3.8) is 0 Å². The van der Waals surface area contributed by atoms with Crippen molar-refractivity contribution in [3.8, 4) is 6.07 Å². The van der Waals surface area contributed by atoms with Crippen molar-refractivity contribution >= 4 is 22.5 Å². The minimum atomic E-state index is -0.0887. The molecule has 0 saturated heterocycles. The normalized spacial score (nSPS) is 10.4. The predicted octanol–water partition coefficient (Wildman–Crippen LogP) is 3.46. The molecule has 0 aliphatic rings. The van der Waals surface area contributed by atoms with Crippen molar-refractivity contribution in [1.29, 1.82) is 5.26 Å². The van der Waals surface area contributed by atoms with E-state index in [4.69, 9.17) is 5.26 Å². The number of nitrogens with one attached hydrogen (secondary N) is 1. The molecule has 0 aliphatic carbocycles. The van der Waals surface area contributed by atoms with Crippen LogP contribution in [0.1, 0.15) is 11.3 Å². The summed E-state index contributed by atoms with van der Waals surface area (Å²) in [6.07, 6.45) is 0. The number of hydrogen-bond donors (Lipinski definition) is 1. The van der Waals surface area contributed by atoms with Crippen LogP contribution < -0.4 is 5.32 Å². The van der Waals surface area contributed by atoms with Gasteiger partial charge < -0.3 is 9.88 Å². The molecule has 3 rings (SSSR count). The molecule has 1 aromatic heterocycles. The molecule has 3 aromatic rings. The average Bonchev–Trinajstić information content (AvgIpc) is 2.84. The third kappa shape index (κ3) is 2.70. The summed E-state index contributed by atoms with van der Waals surface area (Å²) in [5.41, 5.74) is 3.37. The molecule has 0 unspecified atom stereocenters. The van der Waals surface area contributed by atoms with Crippen molar-refractivity contribution in [2.24, 2.45) is 0 Å². The van der Waals surface area contributed by atoms with Gasteiger partial charge in [0, 0.05) is 16.9 Å². The Morgan fingerprint density at radius 1 is 1.18 bits per heavy atom. The van der Waals surface area contributed by atoms with Gasteiger partial charge in [0.2, 0.25) is 5.91 Å². The van der Waals surface area contributed by atoms with E-state index >= 15 is 0 Å². The number of carbonyl (C=O) groups excluding carboxylic acids is 1. The number of amides is 1. The van der Waals surface area contributed by atoms with E-state index in [0.717, 1.165) is 16.6 Å². The maximum atomic E-state index is 12.2. The molecule has 1 N–H and O–H groups in total. The number of para-hydroxylation sites is 1. The molecule has 108 valence electrons. The number of aromatic nitrogens is 1. The van der Waals surface area contributed by atoms with Gasteiger partial charge in [-0.1, -0.05) is 18.2 Å². The Kier molecular flexibility index (Phi) is 3.63. The lowest BCUT2D eigenvalue weighted by Crippen LogP contribution is -2.19. The number of nitriles is 1. The first-order valence-electron chi connectivity index (χ1n) is 7.02. The van der Waals surface area contributed by atoms with Gasteiger partial charge in [0.1, 0.15) is 6.54 Å². The van der Waals surface area contributed by atoms with Crippen molar-refractivity contribution in [3.05, 3.63) is 65.9 Å². The van der Waals surface area contributed by atoms with Crippen LogP contribution in [0.25, 0.3) is 10.9 Å². The molecule has 2 aromatic carbocycles. The third-order valence-electron chi connectivity index (χ3n) is 3.62. The molecule has 4 heteroatoms.